The van der Waals surface area contributed by atoms with Crippen LogP contribution in [0.15, 0.2) is 84.9 Å². The van der Waals surface area contributed by atoms with E-state index in [2.05, 4.69) is 10.3 Å². The third kappa shape index (κ3) is 6.33. The summed E-state index contributed by atoms with van der Waals surface area (Å²) in [6.07, 6.45) is -0.223. The van der Waals surface area contributed by atoms with Gasteiger partial charge in [-0.25, -0.2) is 9.67 Å². The molecule has 0 aliphatic rings. The molecule has 0 atom stereocenters. The number of benzene rings is 4. The molecule has 4 aromatic carbocycles. The lowest BCUT2D eigenvalue weighted by atomic mass is 9.84. The Hall–Kier alpha value is -3.23. The molecule has 19 heteroatoms. The third-order valence-corrected chi connectivity index (χ3v) is 11.7. The Kier molecular flexibility index (Phi) is 9.09. The number of rotatable bonds is 10. The van der Waals surface area contributed by atoms with Crippen molar-refractivity contribution in [2.75, 3.05) is 0 Å². The van der Waals surface area contributed by atoms with Crippen molar-refractivity contribution in [1.82, 2.24) is 20.0 Å². The van der Waals surface area contributed by atoms with E-state index in [4.69, 9.17) is 28.2 Å². The van der Waals surface area contributed by atoms with Crippen molar-refractivity contribution in [2.45, 2.75) is 29.7 Å². The van der Waals surface area contributed by atoms with Crippen molar-refractivity contribution < 1.29 is 46.3 Å². The smallest absolute Gasteiger partial charge is 0.320 e. The van der Waals surface area contributed by atoms with Gasteiger partial charge in [-0.3, -0.25) is 9.13 Å². The second-order valence-electron chi connectivity index (χ2n) is 11.2. The molecule has 0 fully saturated rings. The van der Waals surface area contributed by atoms with Gasteiger partial charge >= 0.3 is 26.5 Å². The lowest BCUT2D eigenvalue weighted by molar-refractivity contribution is 0.0565. The zero-order chi connectivity index (χ0) is 35.6. The van der Waals surface area contributed by atoms with Gasteiger partial charge in [0, 0.05) is 12.8 Å². The average molecular weight is 775 g/mol. The molecule has 0 unspecified atom stereocenters. The minimum absolute atomic E-state index is 0.111. The van der Waals surface area contributed by atoms with Crippen molar-refractivity contribution in [1.29, 1.82) is 0 Å². The highest BCUT2D eigenvalue weighted by Crippen LogP contribution is 2.61. The number of aromatic nitrogens is 4. The first-order valence-electron chi connectivity index (χ1n) is 14.0. The number of fused-ring (bicyclic) bond motifs is 2. The van der Waals surface area contributed by atoms with Crippen LogP contribution in [0.4, 0.5) is 17.6 Å². The Morgan fingerprint density at radius 1 is 0.714 bits per heavy atom. The first-order valence-corrected chi connectivity index (χ1v) is 18.8. The van der Waals surface area contributed by atoms with Crippen LogP contribution in [0.1, 0.15) is 27.3 Å². The Labute approximate surface area is 288 Å². The zero-order valence-electron chi connectivity index (χ0n) is 24.5. The molecule has 6 rings (SSSR count). The normalized spacial score (nSPS) is 13.4. The van der Waals surface area contributed by atoms with Crippen molar-refractivity contribution in [2.24, 2.45) is 0 Å². The number of nitrogens with zero attached hydrogens (tertiary/aromatic N) is 4. The molecule has 49 heavy (non-hydrogen) atoms. The highest BCUT2D eigenvalue weighted by Gasteiger charge is 2.53. The Balaban J connectivity index is 1.59. The van der Waals surface area contributed by atoms with Crippen molar-refractivity contribution >= 4 is 71.0 Å². The molecule has 0 saturated carbocycles. The van der Waals surface area contributed by atoms with Crippen LogP contribution >= 0.6 is 49.7 Å². The van der Waals surface area contributed by atoms with E-state index in [1.807, 2.05) is 6.07 Å². The van der Waals surface area contributed by atoms with Crippen LogP contribution in [0.2, 0.25) is 10.0 Å². The monoisotopic (exact) mass is 774 g/mol. The molecule has 0 spiro atoms. The molecule has 0 saturated heterocycles. The van der Waals surface area contributed by atoms with Gasteiger partial charge in [-0.05, 0) is 47.5 Å². The van der Waals surface area contributed by atoms with E-state index in [-0.39, 0.29) is 12.8 Å². The number of halogens is 6. The Morgan fingerprint density at radius 3 is 1.69 bits per heavy atom. The van der Waals surface area contributed by atoms with Gasteiger partial charge in [-0.2, -0.15) is 17.6 Å². The summed E-state index contributed by atoms with van der Waals surface area (Å²) in [6.45, 7) is 0. The largest absolute Gasteiger partial charge is 0.399 e. The molecule has 10 nitrogen and oxygen atoms in total. The van der Waals surface area contributed by atoms with Gasteiger partial charge in [-0.1, -0.05) is 76.9 Å². The molecule has 2 heterocycles. The molecular formula is C30H22Cl2F4N4O6P2S. The summed E-state index contributed by atoms with van der Waals surface area (Å²) in [5, 5.41) is 7.92. The number of para-hydroxylation sites is 2. The van der Waals surface area contributed by atoms with Crippen LogP contribution in [0.5, 0.6) is 0 Å². The maximum absolute atomic E-state index is 14.7. The standard InChI is InChI=1S/C30H22Cl2F4N4O6P2S/c31-21-13-17(9-11-19(21)29(33,34)47(41,42)43)15-28(27-37-24-6-2-4-8-26(24)49-27,40-25-7-3-1-5-23(25)38-39-40)16-18-10-12-20(22(32)14-18)30(35,36)48(44,45)46/h1-14H,15-16H2,(H2,41,42,43)(H2,44,45,46). The third-order valence-electron chi connectivity index (χ3n) is 7.89. The van der Waals surface area contributed by atoms with Gasteiger partial charge in [0.2, 0.25) is 0 Å². The van der Waals surface area contributed by atoms with E-state index in [0.29, 0.717) is 32.7 Å². The molecule has 0 aliphatic carbocycles. The van der Waals surface area contributed by atoms with E-state index in [9.17, 15) is 46.3 Å². The maximum Gasteiger partial charge on any atom is 0.399 e. The predicted molar refractivity (Wildman–Crippen MR) is 176 cm³/mol. The predicted octanol–water partition coefficient (Wildman–Crippen LogP) is 8.03. The minimum Gasteiger partial charge on any atom is -0.320 e. The molecule has 0 radical (unpaired) electrons. The summed E-state index contributed by atoms with van der Waals surface area (Å²) in [4.78, 5) is 42.1. The van der Waals surface area contributed by atoms with Crippen molar-refractivity contribution in [3.63, 3.8) is 0 Å². The second-order valence-corrected chi connectivity index (χ2v) is 16.3. The van der Waals surface area contributed by atoms with Crippen LogP contribution in [-0.2, 0) is 38.8 Å². The van der Waals surface area contributed by atoms with Crippen molar-refractivity contribution in [3.05, 3.63) is 122 Å². The summed E-state index contributed by atoms with van der Waals surface area (Å²) in [7, 11) is -11.9. The van der Waals surface area contributed by atoms with E-state index in [1.54, 1.807) is 47.1 Å². The number of hydrogen-bond acceptors (Lipinski definition) is 6. The van der Waals surface area contributed by atoms with Crippen LogP contribution in [0, 0.1) is 0 Å². The number of alkyl halides is 4. The fourth-order valence-corrected chi connectivity index (χ4v) is 8.46. The van der Waals surface area contributed by atoms with Crippen LogP contribution in [0.25, 0.3) is 21.3 Å². The summed E-state index contributed by atoms with van der Waals surface area (Å²) < 4.78 is 84.3. The maximum atomic E-state index is 14.7. The number of hydrogen-bond donors (Lipinski definition) is 4. The highest BCUT2D eigenvalue weighted by atomic mass is 35.5. The SMILES string of the molecule is O=P(O)(O)C(F)(F)c1ccc(CC(Cc2ccc(C(F)(F)P(=O)(O)O)c(Cl)c2)(c2nc3ccccc3s2)n2nnc3ccccc32)cc1Cl. The van der Waals surface area contributed by atoms with Gasteiger partial charge in [0.1, 0.15) is 16.1 Å². The summed E-state index contributed by atoms with van der Waals surface area (Å²) >= 11 is 13.7. The lowest BCUT2D eigenvalue weighted by Crippen LogP contribution is -2.40. The molecule has 6 aromatic rings. The first-order chi connectivity index (χ1) is 22.8. The van der Waals surface area contributed by atoms with E-state index < -0.39 is 53.2 Å². The molecule has 0 amide bonds. The summed E-state index contributed by atoms with van der Waals surface area (Å²) in [5.74, 6) is 0. The number of thiazole rings is 1. The van der Waals surface area contributed by atoms with Crippen molar-refractivity contribution in [3.8, 4) is 0 Å². The molecular weight excluding hydrogens is 753 g/mol. The highest BCUT2D eigenvalue weighted by molar-refractivity contribution is 7.53. The molecule has 0 aliphatic heterocycles. The molecule has 2 aromatic heterocycles. The molecule has 4 N–H and O–H groups in total. The van der Waals surface area contributed by atoms with Gasteiger partial charge in [0.25, 0.3) is 0 Å². The van der Waals surface area contributed by atoms with Gasteiger partial charge in [0.15, 0.2) is 0 Å². The quantitative estimate of drug-likeness (QED) is 0.0799. The Bertz CT molecular complexity index is 2210. The van der Waals surface area contributed by atoms with Crippen LogP contribution < -0.4 is 0 Å². The average Bonchev–Trinajstić information content (AvgIpc) is 3.65. The zero-order valence-corrected chi connectivity index (χ0v) is 28.6. The lowest BCUT2D eigenvalue weighted by Gasteiger charge is -2.33. The van der Waals surface area contributed by atoms with E-state index >= 15 is 0 Å². The van der Waals surface area contributed by atoms with Gasteiger partial charge in [0.05, 0.1) is 36.9 Å². The van der Waals surface area contributed by atoms with Crippen LogP contribution in [0.3, 0.4) is 0 Å². The van der Waals surface area contributed by atoms with E-state index in [0.717, 1.165) is 29.0 Å². The first kappa shape index (κ1) is 35.6. The fraction of sp³-hybridized carbons (Fsp3) is 0.167. The summed E-state index contributed by atoms with van der Waals surface area (Å²) in [5.41, 5.74) is -10.6. The van der Waals surface area contributed by atoms with Gasteiger partial charge in [-0.15, -0.1) is 16.4 Å². The molecule has 256 valence electrons. The summed E-state index contributed by atoms with van der Waals surface area (Å²) in [6, 6.07) is 20.4. The fourth-order valence-electron chi connectivity index (χ4n) is 5.52. The van der Waals surface area contributed by atoms with Gasteiger partial charge < -0.3 is 19.6 Å². The van der Waals surface area contributed by atoms with E-state index in [1.165, 1.54) is 23.5 Å². The van der Waals surface area contributed by atoms with Crippen LogP contribution in [-0.4, -0.2) is 39.6 Å². The minimum atomic E-state index is -5.95. The molecule has 0 bridgehead atoms. The topological polar surface area (TPSA) is 159 Å². The Morgan fingerprint density at radius 2 is 1.20 bits per heavy atom. The second kappa shape index (κ2) is 12.5.